The van der Waals surface area contributed by atoms with E-state index < -0.39 is 0 Å². The minimum atomic E-state index is -0.253. The van der Waals surface area contributed by atoms with E-state index in [-0.39, 0.29) is 29.6 Å². The molecule has 5 aromatic rings. The summed E-state index contributed by atoms with van der Waals surface area (Å²) < 4.78 is 13.2. The number of carbonyl (C=O) groups is 1. The number of oxazole rings is 1. The first-order valence-electron chi connectivity index (χ1n) is 11.8. The number of aromatic nitrogens is 6. The lowest BCUT2D eigenvalue weighted by Gasteiger charge is -2.12. The number of fused-ring (bicyclic) bond motifs is 1. The summed E-state index contributed by atoms with van der Waals surface area (Å²) in [5, 5.41) is 3.04. The van der Waals surface area contributed by atoms with Gasteiger partial charge >= 0.3 is 0 Å². The van der Waals surface area contributed by atoms with E-state index in [9.17, 15) is 4.79 Å². The molecule has 0 aromatic carbocycles. The molecule has 5 aromatic heterocycles. The van der Waals surface area contributed by atoms with Crippen molar-refractivity contribution in [2.24, 2.45) is 0 Å². The van der Waals surface area contributed by atoms with Crippen LogP contribution in [0.15, 0.2) is 59.7 Å². The van der Waals surface area contributed by atoms with Crippen molar-refractivity contribution < 1.29 is 13.9 Å². The highest BCUT2D eigenvalue weighted by molar-refractivity contribution is 5.99. The van der Waals surface area contributed by atoms with Crippen LogP contribution in [-0.2, 0) is 6.42 Å². The van der Waals surface area contributed by atoms with Crippen molar-refractivity contribution in [1.82, 2.24) is 34.6 Å². The standard InChI is InChI=1S/C26H26N8O3/c1-16-14-31-21-8-5-17(15-34(16)21)22-24(26-30-11-13-37-26)33-25(27)23(32-22)19(35)7-6-18-20(4-3-9-29-18)36-12-10-28-2/h3-5,8-9,11,13-15,28H,6-7,10,12H2,1-2H3,(H2,27,33). The molecule has 0 saturated carbocycles. The topological polar surface area (TPSA) is 146 Å². The third-order valence-electron chi connectivity index (χ3n) is 5.83. The summed E-state index contributed by atoms with van der Waals surface area (Å²) in [5.74, 6) is 0.659. The SMILES string of the molecule is CNCCOc1cccnc1CCC(=O)c1nc(-c2ccc3ncc(C)n3c2)c(-c2ncco2)nc1N. The predicted molar refractivity (Wildman–Crippen MR) is 137 cm³/mol. The molecule has 0 atom stereocenters. The fourth-order valence-electron chi connectivity index (χ4n) is 3.94. The third kappa shape index (κ3) is 5.02. The number of aryl methyl sites for hydroxylation is 2. The molecular formula is C26H26N8O3. The van der Waals surface area contributed by atoms with Gasteiger partial charge in [0, 0.05) is 49.2 Å². The van der Waals surface area contributed by atoms with E-state index in [1.807, 2.05) is 42.8 Å². The first kappa shape index (κ1) is 24.1. The summed E-state index contributed by atoms with van der Waals surface area (Å²) in [6.45, 7) is 3.15. The van der Waals surface area contributed by atoms with Crippen LogP contribution in [0.5, 0.6) is 5.75 Å². The average Bonchev–Trinajstić information content (AvgIpc) is 3.58. The number of likely N-dealkylation sites (N-methyl/N-ethyl adjacent to an activating group) is 1. The molecule has 11 nitrogen and oxygen atoms in total. The number of anilines is 1. The van der Waals surface area contributed by atoms with E-state index in [1.54, 1.807) is 18.5 Å². The van der Waals surface area contributed by atoms with E-state index in [0.717, 1.165) is 11.3 Å². The molecule has 0 saturated heterocycles. The normalized spacial score (nSPS) is 11.2. The summed E-state index contributed by atoms with van der Waals surface area (Å²) >= 11 is 0. The summed E-state index contributed by atoms with van der Waals surface area (Å²) in [6, 6.07) is 7.38. The van der Waals surface area contributed by atoms with Gasteiger partial charge in [-0.15, -0.1) is 0 Å². The minimum absolute atomic E-state index is 0.00774. The van der Waals surface area contributed by atoms with Crippen molar-refractivity contribution in [2.45, 2.75) is 19.8 Å². The van der Waals surface area contributed by atoms with Gasteiger partial charge in [0.25, 0.3) is 0 Å². The van der Waals surface area contributed by atoms with Gasteiger partial charge in [-0.1, -0.05) is 0 Å². The van der Waals surface area contributed by atoms with Crippen LogP contribution >= 0.6 is 0 Å². The zero-order valence-corrected chi connectivity index (χ0v) is 20.5. The number of imidazole rings is 1. The Morgan fingerprint density at radius 1 is 1.14 bits per heavy atom. The summed E-state index contributed by atoms with van der Waals surface area (Å²) in [6.07, 6.45) is 8.82. The second kappa shape index (κ2) is 10.5. The molecule has 3 N–H and O–H groups in total. The van der Waals surface area contributed by atoms with Crippen molar-refractivity contribution in [1.29, 1.82) is 0 Å². The van der Waals surface area contributed by atoms with Gasteiger partial charge in [0.15, 0.2) is 17.3 Å². The predicted octanol–water partition coefficient (Wildman–Crippen LogP) is 3.15. The van der Waals surface area contributed by atoms with Crippen molar-refractivity contribution >= 4 is 17.2 Å². The Bertz CT molecular complexity index is 1550. The van der Waals surface area contributed by atoms with Gasteiger partial charge in [0.2, 0.25) is 5.89 Å². The molecule has 0 aliphatic heterocycles. The second-order valence-electron chi connectivity index (χ2n) is 8.36. The summed E-state index contributed by atoms with van der Waals surface area (Å²) in [5.41, 5.74) is 10.3. The molecule has 0 bridgehead atoms. The largest absolute Gasteiger partial charge is 0.490 e. The lowest BCUT2D eigenvalue weighted by molar-refractivity contribution is 0.0978. The molecule has 0 fully saturated rings. The van der Waals surface area contributed by atoms with Crippen LogP contribution in [0.25, 0.3) is 28.5 Å². The number of ether oxygens (including phenoxy) is 1. The van der Waals surface area contributed by atoms with Gasteiger partial charge in [-0.05, 0) is 38.2 Å². The number of Topliss-reactive ketones (excluding diaryl/α,β-unsaturated/α-hetero) is 1. The zero-order valence-electron chi connectivity index (χ0n) is 20.5. The maximum Gasteiger partial charge on any atom is 0.247 e. The lowest BCUT2D eigenvalue weighted by atomic mass is 10.1. The average molecular weight is 499 g/mol. The Labute approximate surface area is 212 Å². The summed E-state index contributed by atoms with van der Waals surface area (Å²) in [7, 11) is 1.85. The van der Waals surface area contributed by atoms with Crippen LogP contribution in [0.4, 0.5) is 5.82 Å². The monoisotopic (exact) mass is 498 g/mol. The Kier molecular flexibility index (Phi) is 6.86. The van der Waals surface area contributed by atoms with E-state index in [4.69, 9.17) is 14.9 Å². The van der Waals surface area contributed by atoms with Crippen LogP contribution < -0.4 is 15.8 Å². The van der Waals surface area contributed by atoms with Crippen LogP contribution in [0, 0.1) is 6.92 Å². The number of hydrogen-bond acceptors (Lipinski definition) is 10. The number of hydrogen-bond donors (Lipinski definition) is 2. The van der Waals surface area contributed by atoms with Crippen LogP contribution in [0.3, 0.4) is 0 Å². The molecule has 0 amide bonds. The maximum atomic E-state index is 13.3. The lowest BCUT2D eigenvalue weighted by Crippen LogP contribution is -2.17. The molecule has 0 radical (unpaired) electrons. The minimum Gasteiger partial charge on any atom is -0.490 e. The highest BCUT2D eigenvalue weighted by Gasteiger charge is 2.23. The number of rotatable bonds is 10. The van der Waals surface area contributed by atoms with Crippen molar-refractivity contribution in [2.75, 3.05) is 25.9 Å². The van der Waals surface area contributed by atoms with Crippen LogP contribution in [0.2, 0.25) is 0 Å². The molecule has 0 aliphatic carbocycles. The number of carbonyl (C=O) groups excluding carboxylic acids is 1. The number of nitrogen functional groups attached to an aromatic ring is 1. The fourth-order valence-corrected chi connectivity index (χ4v) is 3.94. The Balaban J connectivity index is 1.48. The van der Waals surface area contributed by atoms with Gasteiger partial charge < -0.3 is 24.6 Å². The van der Waals surface area contributed by atoms with Crippen molar-refractivity contribution in [3.05, 3.63) is 72.4 Å². The fraction of sp³-hybridized carbons (Fsp3) is 0.231. The second-order valence-corrected chi connectivity index (χ2v) is 8.36. The van der Waals surface area contributed by atoms with Crippen molar-refractivity contribution in [3.63, 3.8) is 0 Å². The number of pyridine rings is 2. The van der Waals surface area contributed by atoms with Gasteiger partial charge in [-0.2, -0.15) is 0 Å². The van der Waals surface area contributed by atoms with Crippen LogP contribution in [0.1, 0.15) is 28.3 Å². The molecular weight excluding hydrogens is 472 g/mol. The van der Waals surface area contributed by atoms with E-state index in [2.05, 4.69) is 30.2 Å². The highest BCUT2D eigenvalue weighted by atomic mass is 16.5. The summed E-state index contributed by atoms with van der Waals surface area (Å²) in [4.78, 5) is 35.5. The molecule has 0 aliphatic rings. The third-order valence-corrected chi connectivity index (χ3v) is 5.83. The number of ketones is 1. The first-order valence-corrected chi connectivity index (χ1v) is 11.8. The number of nitrogens with one attached hydrogen (secondary N) is 1. The Hall–Kier alpha value is -4.64. The maximum absolute atomic E-state index is 13.3. The molecule has 5 rings (SSSR count). The molecule has 5 heterocycles. The first-order chi connectivity index (χ1) is 18.0. The van der Waals surface area contributed by atoms with Gasteiger partial charge in [-0.25, -0.2) is 19.9 Å². The Morgan fingerprint density at radius 2 is 2.03 bits per heavy atom. The van der Waals surface area contributed by atoms with Crippen molar-refractivity contribution in [3.8, 4) is 28.6 Å². The molecule has 0 unspecified atom stereocenters. The van der Waals surface area contributed by atoms with E-state index in [1.165, 1.54) is 12.5 Å². The number of nitrogens with two attached hydrogens (primary N) is 1. The van der Waals surface area contributed by atoms with E-state index >= 15 is 0 Å². The molecule has 37 heavy (non-hydrogen) atoms. The smallest absolute Gasteiger partial charge is 0.247 e. The highest BCUT2D eigenvalue weighted by Crippen LogP contribution is 2.31. The van der Waals surface area contributed by atoms with Gasteiger partial charge in [-0.3, -0.25) is 9.78 Å². The Morgan fingerprint density at radius 3 is 2.84 bits per heavy atom. The number of nitrogens with zero attached hydrogens (tertiary/aromatic N) is 6. The molecule has 0 spiro atoms. The molecule has 188 valence electrons. The van der Waals surface area contributed by atoms with Crippen LogP contribution in [-0.4, -0.2) is 55.3 Å². The van der Waals surface area contributed by atoms with Gasteiger partial charge in [0.1, 0.15) is 35.7 Å². The zero-order chi connectivity index (χ0) is 25.8. The van der Waals surface area contributed by atoms with E-state index in [0.29, 0.717) is 48.0 Å². The van der Waals surface area contributed by atoms with Gasteiger partial charge in [0.05, 0.1) is 11.9 Å². The molecule has 11 heteroatoms. The quantitative estimate of drug-likeness (QED) is 0.217.